The first-order valence-electron chi connectivity index (χ1n) is 6.08. The molecule has 0 saturated carbocycles. The molecule has 1 saturated heterocycles. The van der Waals surface area contributed by atoms with E-state index in [2.05, 4.69) is 22.0 Å². The predicted octanol–water partition coefficient (Wildman–Crippen LogP) is 3.48. The molecule has 0 N–H and O–H groups in total. The van der Waals surface area contributed by atoms with Crippen molar-refractivity contribution in [3.05, 3.63) is 40.9 Å². The van der Waals surface area contributed by atoms with Gasteiger partial charge in [-0.2, -0.15) is 5.26 Å². The topological polar surface area (TPSA) is 44.1 Å². The lowest BCUT2D eigenvalue weighted by atomic mass is 10.1. The van der Waals surface area contributed by atoms with Gasteiger partial charge < -0.3 is 4.90 Å². The summed E-state index contributed by atoms with van der Waals surface area (Å²) in [5.41, 5.74) is 0.890. The summed E-state index contributed by atoms with van der Waals surface area (Å²) < 4.78 is 1.01. The molecule has 94 valence electrons. The molecule has 2 aromatic carbocycles. The Balaban J connectivity index is 2.14. The fourth-order valence-electron chi connectivity index (χ4n) is 2.51. The van der Waals surface area contributed by atoms with Crippen molar-refractivity contribution in [1.29, 1.82) is 5.26 Å². The lowest BCUT2D eigenvalue weighted by molar-refractivity contribution is -0.117. The average molecular weight is 315 g/mol. The van der Waals surface area contributed by atoms with Crippen LogP contribution in [0.15, 0.2) is 40.9 Å². The molecule has 0 bridgehead atoms. The molecule has 0 spiro atoms. The van der Waals surface area contributed by atoms with Crippen LogP contribution in [0.2, 0.25) is 0 Å². The maximum atomic E-state index is 12.0. The Bertz CT molecular complexity index is 705. The first-order chi connectivity index (χ1) is 9.20. The number of rotatable bonds is 1. The number of fused-ring (bicyclic) bond motifs is 1. The third-order valence-electron chi connectivity index (χ3n) is 3.45. The smallest absolute Gasteiger partial charge is 0.228 e. The van der Waals surface area contributed by atoms with E-state index in [1.54, 1.807) is 4.90 Å². The quantitative estimate of drug-likeness (QED) is 0.809. The van der Waals surface area contributed by atoms with Gasteiger partial charge in [-0.25, -0.2) is 0 Å². The second-order valence-corrected chi connectivity index (χ2v) is 5.50. The van der Waals surface area contributed by atoms with Crippen molar-refractivity contribution in [3.8, 4) is 6.07 Å². The second-order valence-electron chi connectivity index (χ2n) is 4.65. The SMILES string of the molecule is N#CC1CC(=O)N(c2ccc(Br)c3ccccc23)C1. The number of halogens is 1. The van der Waals surface area contributed by atoms with Crippen LogP contribution in [0.3, 0.4) is 0 Å². The number of hydrogen-bond donors (Lipinski definition) is 0. The van der Waals surface area contributed by atoms with Crippen LogP contribution in [0.5, 0.6) is 0 Å². The highest BCUT2D eigenvalue weighted by Crippen LogP contribution is 2.35. The molecule has 1 amide bonds. The standard InChI is InChI=1S/C15H11BrN2O/c16-13-5-6-14(12-4-2-1-3-11(12)13)18-9-10(8-17)7-15(18)19/h1-6,10H,7,9H2. The molecule has 1 heterocycles. The number of nitrogens with zero attached hydrogens (tertiary/aromatic N) is 2. The molecule has 0 aliphatic carbocycles. The largest absolute Gasteiger partial charge is 0.310 e. The Hall–Kier alpha value is -1.86. The number of nitriles is 1. The summed E-state index contributed by atoms with van der Waals surface area (Å²) in [4.78, 5) is 13.8. The first kappa shape index (κ1) is 12.2. The van der Waals surface area contributed by atoms with Gasteiger partial charge in [0.25, 0.3) is 0 Å². The molecule has 1 aliphatic rings. The van der Waals surface area contributed by atoms with E-state index in [0.29, 0.717) is 13.0 Å². The predicted molar refractivity (Wildman–Crippen MR) is 77.7 cm³/mol. The highest BCUT2D eigenvalue weighted by molar-refractivity contribution is 9.10. The summed E-state index contributed by atoms with van der Waals surface area (Å²) >= 11 is 3.52. The second kappa shape index (κ2) is 4.67. The van der Waals surface area contributed by atoms with Crippen LogP contribution in [0, 0.1) is 17.2 Å². The number of carbonyl (C=O) groups is 1. The molecule has 3 rings (SSSR count). The van der Waals surface area contributed by atoms with Crippen LogP contribution >= 0.6 is 15.9 Å². The summed E-state index contributed by atoms with van der Waals surface area (Å²) in [6.07, 6.45) is 0.320. The molecule has 1 unspecified atom stereocenters. The Kier molecular flexibility index (Phi) is 3.00. The van der Waals surface area contributed by atoms with Gasteiger partial charge in [-0.05, 0) is 17.5 Å². The van der Waals surface area contributed by atoms with Crippen LogP contribution in [-0.4, -0.2) is 12.5 Å². The lowest BCUT2D eigenvalue weighted by Gasteiger charge is -2.18. The minimum Gasteiger partial charge on any atom is -0.310 e. The molecular weight excluding hydrogens is 304 g/mol. The van der Waals surface area contributed by atoms with E-state index in [-0.39, 0.29) is 11.8 Å². The van der Waals surface area contributed by atoms with Crippen molar-refractivity contribution in [2.45, 2.75) is 6.42 Å². The van der Waals surface area contributed by atoms with Gasteiger partial charge in [0.15, 0.2) is 0 Å². The van der Waals surface area contributed by atoms with E-state index in [1.807, 2.05) is 36.4 Å². The van der Waals surface area contributed by atoms with Crippen molar-refractivity contribution < 1.29 is 4.79 Å². The third kappa shape index (κ3) is 2.00. The van der Waals surface area contributed by atoms with Crippen LogP contribution in [0.25, 0.3) is 10.8 Å². The van der Waals surface area contributed by atoms with E-state index in [1.165, 1.54) is 0 Å². The summed E-state index contributed by atoms with van der Waals surface area (Å²) in [6.45, 7) is 0.487. The minimum absolute atomic E-state index is 0.0269. The number of carbonyl (C=O) groups excluding carboxylic acids is 1. The van der Waals surface area contributed by atoms with E-state index < -0.39 is 0 Å². The summed E-state index contributed by atoms with van der Waals surface area (Å²) in [6, 6.07) is 14.0. The number of benzene rings is 2. The number of anilines is 1. The van der Waals surface area contributed by atoms with Crippen molar-refractivity contribution in [2.24, 2.45) is 5.92 Å². The van der Waals surface area contributed by atoms with Crippen molar-refractivity contribution >= 4 is 38.3 Å². The monoisotopic (exact) mass is 314 g/mol. The van der Waals surface area contributed by atoms with Crippen molar-refractivity contribution in [1.82, 2.24) is 0 Å². The fraction of sp³-hybridized carbons (Fsp3) is 0.200. The van der Waals surface area contributed by atoms with E-state index in [0.717, 1.165) is 20.9 Å². The Labute approximate surface area is 119 Å². The van der Waals surface area contributed by atoms with Gasteiger partial charge in [-0.3, -0.25) is 4.79 Å². The molecule has 1 aliphatic heterocycles. The van der Waals surface area contributed by atoms with Crippen LogP contribution < -0.4 is 4.90 Å². The zero-order valence-corrected chi connectivity index (χ0v) is 11.7. The fourth-order valence-corrected chi connectivity index (χ4v) is 2.99. The molecule has 4 heteroatoms. The van der Waals surface area contributed by atoms with Gasteiger partial charge in [0, 0.05) is 22.8 Å². The maximum absolute atomic E-state index is 12.0. The molecular formula is C15H11BrN2O. The van der Waals surface area contributed by atoms with E-state index in [9.17, 15) is 4.79 Å². The Morgan fingerprint density at radius 1 is 1.21 bits per heavy atom. The summed E-state index contributed by atoms with van der Waals surface area (Å²) in [5, 5.41) is 11.1. The van der Waals surface area contributed by atoms with Crippen molar-refractivity contribution in [2.75, 3.05) is 11.4 Å². The Morgan fingerprint density at radius 2 is 1.95 bits per heavy atom. The zero-order chi connectivity index (χ0) is 13.4. The van der Waals surface area contributed by atoms with Crippen LogP contribution in [0.4, 0.5) is 5.69 Å². The van der Waals surface area contributed by atoms with Crippen molar-refractivity contribution in [3.63, 3.8) is 0 Å². The third-order valence-corrected chi connectivity index (χ3v) is 4.14. The number of amides is 1. The molecule has 0 radical (unpaired) electrons. The number of hydrogen-bond acceptors (Lipinski definition) is 2. The Morgan fingerprint density at radius 3 is 2.63 bits per heavy atom. The van der Waals surface area contributed by atoms with E-state index in [4.69, 9.17) is 5.26 Å². The molecule has 0 aromatic heterocycles. The average Bonchev–Trinajstić information content (AvgIpc) is 2.81. The first-order valence-corrected chi connectivity index (χ1v) is 6.87. The normalized spacial score (nSPS) is 18.8. The van der Waals surface area contributed by atoms with Gasteiger partial charge in [-0.1, -0.05) is 40.2 Å². The molecule has 19 heavy (non-hydrogen) atoms. The van der Waals surface area contributed by atoms with Gasteiger partial charge in [0.1, 0.15) is 0 Å². The highest BCUT2D eigenvalue weighted by atomic mass is 79.9. The van der Waals surface area contributed by atoms with E-state index >= 15 is 0 Å². The summed E-state index contributed by atoms with van der Waals surface area (Å²) in [7, 11) is 0. The van der Waals surface area contributed by atoms with Gasteiger partial charge in [0.2, 0.25) is 5.91 Å². The van der Waals surface area contributed by atoms with Crippen LogP contribution in [-0.2, 0) is 4.79 Å². The van der Waals surface area contributed by atoms with Gasteiger partial charge in [0.05, 0.1) is 17.7 Å². The highest BCUT2D eigenvalue weighted by Gasteiger charge is 2.31. The van der Waals surface area contributed by atoms with Gasteiger partial charge in [-0.15, -0.1) is 0 Å². The molecule has 1 atom stereocenters. The van der Waals surface area contributed by atoms with Crippen LogP contribution in [0.1, 0.15) is 6.42 Å². The zero-order valence-electron chi connectivity index (χ0n) is 10.1. The molecule has 2 aromatic rings. The lowest BCUT2D eigenvalue weighted by Crippen LogP contribution is -2.24. The molecule has 3 nitrogen and oxygen atoms in total. The van der Waals surface area contributed by atoms with Gasteiger partial charge >= 0.3 is 0 Å². The summed E-state index contributed by atoms with van der Waals surface area (Å²) in [5.74, 6) is -0.172. The maximum Gasteiger partial charge on any atom is 0.228 e. The molecule has 1 fully saturated rings. The minimum atomic E-state index is -0.199.